The Labute approximate surface area is 263 Å². The molecule has 0 aliphatic carbocycles. The van der Waals surface area contributed by atoms with E-state index in [4.69, 9.17) is 4.42 Å². The molecule has 4 aromatic heterocycles. The molecule has 1 fully saturated rings. The van der Waals surface area contributed by atoms with Gasteiger partial charge in [0, 0.05) is 35.8 Å². The van der Waals surface area contributed by atoms with Crippen molar-refractivity contribution < 1.29 is 14.0 Å². The van der Waals surface area contributed by atoms with Crippen LogP contribution < -0.4 is 15.5 Å². The Hall–Kier alpha value is -5.92. The Kier molecular flexibility index (Phi) is 7.89. The molecule has 232 valence electrons. The Morgan fingerprint density at radius 1 is 1.02 bits per heavy atom. The lowest BCUT2D eigenvalue weighted by molar-refractivity contribution is -0.125. The van der Waals surface area contributed by atoms with Crippen LogP contribution in [0.2, 0.25) is 0 Å². The number of fused-ring (bicyclic) bond motifs is 1. The van der Waals surface area contributed by atoms with Crippen molar-refractivity contribution in [3.8, 4) is 11.3 Å². The minimum absolute atomic E-state index is 0.0151. The van der Waals surface area contributed by atoms with Crippen LogP contribution in [0, 0.1) is 12.8 Å². The van der Waals surface area contributed by atoms with Crippen LogP contribution >= 0.6 is 0 Å². The maximum atomic E-state index is 13.0. The highest BCUT2D eigenvalue weighted by molar-refractivity contribution is 6.05. The van der Waals surface area contributed by atoms with E-state index in [0.717, 1.165) is 35.7 Å². The number of amides is 2. The summed E-state index contributed by atoms with van der Waals surface area (Å²) in [6.07, 6.45) is 6.17. The summed E-state index contributed by atoms with van der Waals surface area (Å²) >= 11 is 0. The number of hydrogen-bond acceptors (Lipinski definition) is 10. The van der Waals surface area contributed by atoms with Crippen LogP contribution in [0.25, 0.3) is 16.9 Å². The zero-order chi connectivity index (χ0) is 31.5. The first-order valence-corrected chi connectivity index (χ1v) is 15.0. The molecule has 6 aromatic rings. The number of carbonyl (C=O) groups excluding carboxylic acids is 2. The number of nitrogens with one attached hydrogen (secondary N) is 2. The summed E-state index contributed by atoms with van der Waals surface area (Å²) in [5, 5.41) is 27.0. The van der Waals surface area contributed by atoms with Gasteiger partial charge in [-0.25, -0.2) is 9.67 Å². The second-order valence-electron chi connectivity index (χ2n) is 11.2. The number of aromatic nitrogens is 8. The van der Waals surface area contributed by atoms with Gasteiger partial charge in [0.25, 0.3) is 5.91 Å². The molecule has 2 aromatic carbocycles. The average Bonchev–Trinajstić information content (AvgIpc) is 3.86. The van der Waals surface area contributed by atoms with E-state index in [2.05, 4.69) is 46.1 Å². The first-order chi connectivity index (χ1) is 22.5. The van der Waals surface area contributed by atoms with E-state index in [1.165, 1.54) is 6.39 Å². The van der Waals surface area contributed by atoms with Crippen molar-refractivity contribution in [3.63, 3.8) is 0 Å². The lowest BCUT2D eigenvalue weighted by atomic mass is 9.96. The fraction of sp³-hybridized carbons (Fsp3) is 0.250. The molecule has 0 bridgehead atoms. The van der Waals surface area contributed by atoms with Gasteiger partial charge in [0.15, 0.2) is 12.0 Å². The molecular formula is C32H31N11O3. The highest BCUT2D eigenvalue weighted by Gasteiger charge is 2.26. The molecule has 0 radical (unpaired) electrons. The Morgan fingerprint density at radius 2 is 1.87 bits per heavy atom. The number of benzene rings is 2. The number of rotatable bonds is 9. The van der Waals surface area contributed by atoms with E-state index < -0.39 is 0 Å². The lowest BCUT2D eigenvalue weighted by Crippen LogP contribution is -2.40. The molecule has 5 heterocycles. The van der Waals surface area contributed by atoms with Crippen molar-refractivity contribution in [2.45, 2.75) is 32.9 Å². The number of piperidine rings is 1. The second-order valence-corrected chi connectivity index (χ2v) is 11.2. The van der Waals surface area contributed by atoms with Gasteiger partial charge in [-0.15, -0.1) is 20.4 Å². The number of para-hydroxylation sites is 1. The minimum Gasteiger partial charge on any atom is -0.446 e. The van der Waals surface area contributed by atoms with Crippen LogP contribution in [0.3, 0.4) is 0 Å². The number of nitrogens with zero attached hydrogens (tertiary/aromatic N) is 9. The molecule has 2 amide bonds. The first kappa shape index (κ1) is 28.8. The molecule has 0 saturated carbocycles. The van der Waals surface area contributed by atoms with Crippen molar-refractivity contribution in [2.75, 3.05) is 23.3 Å². The molecule has 1 aliphatic rings. The van der Waals surface area contributed by atoms with Gasteiger partial charge < -0.3 is 20.0 Å². The summed E-state index contributed by atoms with van der Waals surface area (Å²) in [5.74, 6) is 1.08. The largest absolute Gasteiger partial charge is 0.446 e. The standard InChI is InChI=1S/C32H31N11O3/c1-21-7-8-23(15-25(21)32(45)36-24-5-3-2-4-6-24)26-17-42(40-37-26)18-27-28(46-20-34-27)16-33-31(44)22-11-13-41(14-12-22)30-10-9-29-38-35-19-43(29)39-30/h2-10,15,17,19-20,22H,11-14,16,18H2,1H3,(H,33,44)(H,36,45). The molecule has 14 heteroatoms. The van der Waals surface area contributed by atoms with Crippen molar-refractivity contribution in [1.29, 1.82) is 0 Å². The lowest BCUT2D eigenvalue weighted by Gasteiger charge is -2.31. The van der Waals surface area contributed by atoms with Gasteiger partial charge in [-0.2, -0.15) is 4.52 Å². The Balaban J connectivity index is 0.941. The Bertz CT molecular complexity index is 1990. The average molecular weight is 618 g/mol. The van der Waals surface area contributed by atoms with Crippen LogP contribution in [-0.4, -0.2) is 64.7 Å². The SMILES string of the molecule is Cc1ccc(-c2cn(Cc3ncoc3CNC(=O)C3CCN(c4ccc5nncn5n4)CC3)nn2)cc1C(=O)Nc1ccccc1. The van der Waals surface area contributed by atoms with E-state index in [1.807, 2.05) is 67.6 Å². The monoisotopic (exact) mass is 617 g/mol. The summed E-state index contributed by atoms with van der Waals surface area (Å²) in [5.41, 5.74) is 4.87. The molecule has 0 atom stereocenters. The molecule has 7 rings (SSSR count). The van der Waals surface area contributed by atoms with Gasteiger partial charge >= 0.3 is 0 Å². The Morgan fingerprint density at radius 3 is 2.72 bits per heavy atom. The molecule has 0 unspecified atom stereocenters. The van der Waals surface area contributed by atoms with Gasteiger partial charge in [0.2, 0.25) is 5.91 Å². The fourth-order valence-corrected chi connectivity index (χ4v) is 5.54. The third-order valence-electron chi connectivity index (χ3n) is 8.15. The smallest absolute Gasteiger partial charge is 0.255 e. The molecule has 14 nitrogen and oxygen atoms in total. The molecular weight excluding hydrogens is 586 g/mol. The van der Waals surface area contributed by atoms with E-state index >= 15 is 0 Å². The third-order valence-corrected chi connectivity index (χ3v) is 8.15. The maximum Gasteiger partial charge on any atom is 0.255 e. The van der Waals surface area contributed by atoms with E-state index in [9.17, 15) is 9.59 Å². The quantitative estimate of drug-likeness (QED) is 0.246. The normalized spacial score (nSPS) is 13.6. The maximum absolute atomic E-state index is 13.0. The zero-order valence-corrected chi connectivity index (χ0v) is 25.1. The van der Waals surface area contributed by atoms with E-state index in [-0.39, 0.29) is 24.3 Å². The van der Waals surface area contributed by atoms with E-state index in [0.29, 0.717) is 47.7 Å². The summed E-state index contributed by atoms with van der Waals surface area (Å²) < 4.78 is 8.92. The first-order valence-electron chi connectivity index (χ1n) is 15.0. The molecule has 0 spiro atoms. The number of anilines is 2. The van der Waals surface area contributed by atoms with Gasteiger partial charge in [0.05, 0.1) is 19.3 Å². The fourth-order valence-electron chi connectivity index (χ4n) is 5.54. The van der Waals surface area contributed by atoms with Crippen LogP contribution in [0.15, 0.2) is 84.0 Å². The third kappa shape index (κ3) is 6.18. The number of oxazole rings is 1. The highest BCUT2D eigenvalue weighted by atomic mass is 16.3. The number of hydrogen-bond donors (Lipinski definition) is 2. The molecule has 2 N–H and O–H groups in total. The number of aryl methyl sites for hydroxylation is 1. The summed E-state index contributed by atoms with van der Waals surface area (Å²) in [7, 11) is 0. The van der Waals surface area contributed by atoms with Crippen LogP contribution in [0.4, 0.5) is 11.5 Å². The van der Waals surface area contributed by atoms with Crippen molar-refractivity contribution >= 4 is 29.0 Å². The van der Waals surface area contributed by atoms with Crippen molar-refractivity contribution in [1.82, 2.24) is 45.1 Å². The van der Waals surface area contributed by atoms with Crippen LogP contribution in [0.1, 0.15) is 40.2 Å². The minimum atomic E-state index is -0.194. The summed E-state index contributed by atoms with van der Waals surface area (Å²) in [4.78, 5) is 32.5. The van der Waals surface area contributed by atoms with Gasteiger partial charge in [-0.1, -0.05) is 35.5 Å². The van der Waals surface area contributed by atoms with Gasteiger partial charge in [0.1, 0.15) is 29.3 Å². The van der Waals surface area contributed by atoms with Crippen LogP contribution in [0.5, 0.6) is 0 Å². The van der Waals surface area contributed by atoms with Gasteiger partial charge in [-0.05, 0) is 55.7 Å². The molecule has 1 saturated heterocycles. The topological polar surface area (TPSA) is 161 Å². The van der Waals surface area contributed by atoms with Crippen molar-refractivity contribution in [2.24, 2.45) is 5.92 Å². The predicted octanol–water partition coefficient (Wildman–Crippen LogP) is 3.51. The molecule has 46 heavy (non-hydrogen) atoms. The molecule has 1 aliphatic heterocycles. The highest BCUT2D eigenvalue weighted by Crippen LogP contribution is 2.24. The van der Waals surface area contributed by atoms with Crippen molar-refractivity contribution in [3.05, 3.63) is 102 Å². The summed E-state index contributed by atoms with van der Waals surface area (Å²) in [6, 6.07) is 18.8. The van der Waals surface area contributed by atoms with E-state index in [1.54, 1.807) is 21.7 Å². The number of carbonyl (C=O) groups is 2. The zero-order valence-electron chi connectivity index (χ0n) is 25.1. The summed E-state index contributed by atoms with van der Waals surface area (Å²) in [6.45, 7) is 3.87. The second kappa shape index (κ2) is 12.6. The predicted molar refractivity (Wildman–Crippen MR) is 168 cm³/mol. The van der Waals surface area contributed by atoms with Gasteiger partial charge in [-0.3, -0.25) is 9.59 Å². The van der Waals surface area contributed by atoms with Crippen LogP contribution in [-0.2, 0) is 17.9 Å².